The lowest BCUT2D eigenvalue weighted by molar-refractivity contribution is 0.0871. The van der Waals surface area contributed by atoms with E-state index in [9.17, 15) is 4.79 Å². The van der Waals surface area contributed by atoms with Crippen LogP contribution in [0.3, 0.4) is 0 Å². The minimum Gasteiger partial charge on any atom is -0.396 e. The Hall–Kier alpha value is -1.75. The highest BCUT2D eigenvalue weighted by Gasteiger charge is 2.30. The highest BCUT2D eigenvalue weighted by Crippen LogP contribution is 2.31. The summed E-state index contributed by atoms with van der Waals surface area (Å²) in [5.74, 6) is -0.207. The molecule has 0 bridgehead atoms. The number of benzene rings is 2. The average molecular weight is 392 g/mol. The molecule has 1 heterocycles. The van der Waals surface area contributed by atoms with E-state index in [1.54, 1.807) is 12.1 Å². The summed E-state index contributed by atoms with van der Waals surface area (Å²) in [6.07, 6.45) is 3.39. The SMILES string of the molecule is CN1CCCC[C@@H]1C(NC(=O)c1cc(Cl)c(N)c(Cl)c1)c1ccccc1. The van der Waals surface area contributed by atoms with Crippen LogP contribution in [0.5, 0.6) is 0 Å². The third kappa shape index (κ3) is 4.14. The second-order valence-electron chi connectivity index (χ2n) is 6.76. The number of nitrogens with two attached hydrogens (primary N) is 1. The molecular formula is C20H23Cl2N3O. The first-order valence-electron chi connectivity index (χ1n) is 8.78. The molecule has 138 valence electrons. The predicted molar refractivity (Wildman–Crippen MR) is 108 cm³/mol. The molecule has 0 aliphatic carbocycles. The van der Waals surface area contributed by atoms with Gasteiger partial charge in [-0.25, -0.2) is 0 Å². The van der Waals surface area contributed by atoms with Gasteiger partial charge in [0.05, 0.1) is 21.8 Å². The minimum absolute atomic E-state index is 0.107. The Labute approximate surface area is 164 Å². The smallest absolute Gasteiger partial charge is 0.251 e. The van der Waals surface area contributed by atoms with Gasteiger partial charge in [0.25, 0.3) is 5.91 Å². The molecule has 1 fully saturated rings. The lowest BCUT2D eigenvalue weighted by Crippen LogP contribution is -2.47. The second-order valence-corrected chi connectivity index (χ2v) is 7.57. The summed E-state index contributed by atoms with van der Waals surface area (Å²) in [6, 6.07) is 13.3. The largest absolute Gasteiger partial charge is 0.396 e. The maximum Gasteiger partial charge on any atom is 0.251 e. The second kappa shape index (κ2) is 8.30. The number of halogens is 2. The number of anilines is 1. The van der Waals surface area contributed by atoms with Gasteiger partial charge >= 0.3 is 0 Å². The Morgan fingerprint density at radius 3 is 2.46 bits per heavy atom. The molecule has 1 amide bonds. The fourth-order valence-corrected chi connectivity index (χ4v) is 4.01. The fourth-order valence-electron chi connectivity index (χ4n) is 3.52. The van der Waals surface area contributed by atoms with Crippen LogP contribution < -0.4 is 11.1 Å². The van der Waals surface area contributed by atoms with Crippen molar-refractivity contribution in [1.29, 1.82) is 0 Å². The van der Waals surface area contributed by atoms with E-state index in [1.807, 2.05) is 18.2 Å². The zero-order chi connectivity index (χ0) is 18.7. The highest BCUT2D eigenvalue weighted by atomic mass is 35.5. The lowest BCUT2D eigenvalue weighted by Gasteiger charge is -2.38. The van der Waals surface area contributed by atoms with E-state index in [0.29, 0.717) is 5.56 Å². The standard InChI is InChI=1S/C20H23Cl2N3O/c1-25-10-6-5-9-17(25)19(13-7-3-2-4-8-13)24-20(26)14-11-15(21)18(23)16(22)12-14/h2-4,7-8,11-12,17,19H,5-6,9-10,23H2,1H3,(H,24,26)/t17-,19?/m1/s1. The van der Waals surface area contributed by atoms with Crippen LogP contribution in [-0.2, 0) is 0 Å². The molecule has 1 saturated heterocycles. The third-order valence-corrected chi connectivity index (χ3v) is 5.62. The van der Waals surface area contributed by atoms with Gasteiger partial charge in [0.15, 0.2) is 0 Å². The summed E-state index contributed by atoms with van der Waals surface area (Å²) < 4.78 is 0. The normalized spacial score (nSPS) is 19.1. The summed E-state index contributed by atoms with van der Waals surface area (Å²) >= 11 is 12.2. The average Bonchev–Trinajstić information content (AvgIpc) is 2.65. The quantitative estimate of drug-likeness (QED) is 0.752. The lowest BCUT2D eigenvalue weighted by atomic mass is 9.91. The Balaban J connectivity index is 1.89. The van der Waals surface area contributed by atoms with Gasteiger partial charge in [0.2, 0.25) is 0 Å². The van der Waals surface area contributed by atoms with E-state index in [2.05, 4.69) is 29.4 Å². The molecule has 2 aromatic carbocycles. The first kappa shape index (κ1) is 19.0. The van der Waals surface area contributed by atoms with Crippen LogP contribution in [0.4, 0.5) is 5.69 Å². The molecule has 2 atom stereocenters. The zero-order valence-electron chi connectivity index (χ0n) is 14.7. The van der Waals surface area contributed by atoms with E-state index < -0.39 is 0 Å². The Morgan fingerprint density at radius 2 is 1.85 bits per heavy atom. The van der Waals surface area contributed by atoms with Crippen molar-refractivity contribution >= 4 is 34.8 Å². The summed E-state index contributed by atoms with van der Waals surface area (Å²) in [6.45, 7) is 1.03. The number of hydrogen-bond acceptors (Lipinski definition) is 3. The van der Waals surface area contributed by atoms with Crippen molar-refractivity contribution < 1.29 is 4.79 Å². The molecule has 1 aliphatic heterocycles. The molecule has 2 aromatic rings. The maximum absolute atomic E-state index is 12.9. The Kier molecular flexibility index (Phi) is 6.07. The molecule has 1 aliphatic rings. The van der Waals surface area contributed by atoms with Crippen molar-refractivity contribution in [1.82, 2.24) is 10.2 Å². The number of piperidine rings is 1. The molecule has 26 heavy (non-hydrogen) atoms. The van der Waals surface area contributed by atoms with Gasteiger partial charge in [0, 0.05) is 11.6 Å². The first-order chi connectivity index (χ1) is 12.5. The van der Waals surface area contributed by atoms with Crippen molar-refractivity contribution in [2.45, 2.75) is 31.3 Å². The third-order valence-electron chi connectivity index (χ3n) is 5.00. The number of carbonyl (C=O) groups excluding carboxylic acids is 1. The van der Waals surface area contributed by atoms with E-state index in [4.69, 9.17) is 28.9 Å². The van der Waals surface area contributed by atoms with Gasteiger partial charge in [0.1, 0.15) is 0 Å². The van der Waals surface area contributed by atoms with Crippen LogP contribution in [-0.4, -0.2) is 30.4 Å². The van der Waals surface area contributed by atoms with Crippen LogP contribution in [0, 0.1) is 0 Å². The minimum atomic E-state index is -0.207. The molecule has 0 radical (unpaired) electrons. The van der Waals surface area contributed by atoms with Crippen LogP contribution in [0.2, 0.25) is 10.0 Å². The van der Waals surface area contributed by atoms with Gasteiger partial charge in [-0.15, -0.1) is 0 Å². The van der Waals surface area contributed by atoms with Gasteiger partial charge in [-0.05, 0) is 44.1 Å². The van der Waals surface area contributed by atoms with E-state index in [1.165, 1.54) is 6.42 Å². The van der Waals surface area contributed by atoms with Crippen molar-refractivity contribution in [3.05, 3.63) is 63.6 Å². The maximum atomic E-state index is 12.9. The Morgan fingerprint density at radius 1 is 1.19 bits per heavy atom. The van der Waals surface area contributed by atoms with Crippen molar-refractivity contribution in [3.8, 4) is 0 Å². The van der Waals surface area contributed by atoms with Crippen LogP contribution in [0.15, 0.2) is 42.5 Å². The molecule has 0 spiro atoms. The summed E-state index contributed by atoms with van der Waals surface area (Å²) in [4.78, 5) is 15.2. The van der Waals surface area contributed by atoms with Gasteiger partial charge in [-0.3, -0.25) is 4.79 Å². The number of hydrogen-bond donors (Lipinski definition) is 2. The Bertz CT molecular complexity index is 759. The van der Waals surface area contributed by atoms with Crippen molar-refractivity contribution in [3.63, 3.8) is 0 Å². The predicted octanol–water partition coefficient (Wildman–Crippen LogP) is 4.53. The van der Waals surface area contributed by atoms with Crippen LogP contribution in [0.25, 0.3) is 0 Å². The number of likely N-dealkylation sites (N-methyl/N-ethyl adjacent to an activating group) is 1. The number of nitrogens with one attached hydrogen (secondary N) is 1. The van der Waals surface area contributed by atoms with E-state index in [0.717, 1.165) is 24.9 Å². The number of likely N-dealkylation sites (tertiary alicyclic amines) is 1. The van der Waals surface area contributed by atoms with Crippen molar-refractivity contribution in [2.75, 3.05) is 19.3 Å². The van der Waals surface area contributed by atoms with Gasteiger partial charge < -0.3 is 16.0 Å². The van der Waals surface area contributed by atoms with Crippen LogP contribution in [0.1, 0.15) is 41.2 Å². The van der Waals surface area contributed by atoms with Gasteiger partial charge in [-0.1, -0.05) is 60.0 Å². The number of nitrogens with zero attached hydrogens (tertiary/aromatic N) is 1. The molecule has 0 aromatic heterocycles. The molecule has 4 nitrogen and oxygen atoms in total. The number of nitrogen functional groups attached to an aromatic ring is 1. The highest BCUT2D eigenvalue weighted by molar-refractivity contribution is 6.39. The monoisotopic (exact) mass is 391 g/mol. The zero-order valence-corrected chi connectivity index (χ0v) is 16.2. The summed E-state index contributed by atoms with van der Waals surface area (Å²) in [5.41, 5.74) is 7.57. The molecular weight excluding hydrogens is 369 g/mol. The van der Waals surface area contributed by atoms with Gasteiger partial charge in [-0.2, -0.15) is 0 Å². The van der Waals surface area contributed by atoms with Crippen LogP contribution >= 0.6 is 23.2 Å². The summed E-state index contributed by atoms with van der Waals surface area (Å²) in [7, 11) is 2.11. The molecule has 1 unspecified atom stereocenters. The molecule has 0 saturated carbocycles. The molecule has 3 rings (SSSR count). The van der Waals surface area contributed by atoms with Crippen molar-refractivity contribution in [2.24, 2.45) is 0 Å². The number of carbonyl (C=O) groups is 1. The molecule has 6 heteroatoms. The van der Waals surface area contributed by atoms with E-state index in [-0.39, 0.29) is 33.7 Å². The summed E-state index contributed by atoms with van der Waals surface area (Å²) in [5, 5.41) is 3.76. The fraction of sp³-hybridized carbons (Fsp3) is 0.350. The number of amides is 1. The van der Waals surface area contributed by atoms with E-state index >= 15 is 0 Å². The topological polar surface area (TPSA) is 58.4 Å². The number of rotatable bonds is 4. The molecule has 3 N–H and O–H groups in total. The first-order valence-corrected chi connectivity index (χ1v) is 9.53.